The zero-order valence-corrected chi connectivity index (χ0v) is 14.2. The molecule has 0 unspecified atom stereocenters. The Morgan fingerprint density at radius 2 is 1.88 bits per heavy atom. The number of ether oxygens (including phenoxy) is 2. The highest BCUT2D eigenvalue weighted by atomic mass is 16.7. The Morgan fingerprint density at radius 1 is 1.15 bits per heavy atom. The predicted octanol–water partition coefficient (Wildman–Crippen LogP) is 2.07. The molecule has 1 aliphatic heterocycles. The van der Waals surface area contributed by atoms with Crippen molar-refractivity contribution in [2.24, 2.45) is 0 Å². The van der Waals surface area contributed by atoms with Gasteiger partial charge in [-0.15, -0.1) is 0 Å². The van der Waals surface area contributed by atoms with E-state index in [1.165, 1.54) is 6.92 Å². The molecule has 3 rings (SSSR count). The Bertz CT molecular complexity index is 871. The minimum atomic E-state index is -0.258. The number of carbonyl (C=O) groups excluding carboxylic acids is 2. The third-order valence-corrected chi connectivity index (χ3v) is 3.94. The van der Waals surface area contributed by atoms with Gasteiger partial charge >= 0.3 is 0 Å². The van der Waals surface area contributed by atoms with Crippen molar-refractivity contribution in [2.75, 3.05) is 24.8 Å². The zero-order valence-electron chi connectivity index (χ0n) is 14.2. The van der Waals surface area contributed by atoms with Crippen molar-refractivity contribution in [1.82, 2.24) is 5.32 Å². The van der Waals surface area contributed by atoms with Gasteiger partial charge in [-0.1, -0.05) is 0 Å². The molecular weight excluding hydrogens is 334 g/mol. The van der Waals surface area contributed by atoms with Gasteiger partial charge in [0.15, 0.2) is 11.5 Å². The summed E-state index contributed by atoms with van der Waals surface area (Å²) in [7, 11) is 0. The number of rotatable bonds is 5. The minimum absolute atomic E-state index is 0.146. The number of amides is 2. The van der Waals surface area contributed by atoms with E-state index in [0.29, 0.717) is 34.9 Å². The molecule has 0 bridgehead atoms. The number of fused-ring (bicyclic) bond motifs is 1. The fourth-order valence-corrected chi connectivity index (χ4v) is 2.61. The van der Waals surface area contributed by atoms with E-state index in [1.807, 2.05) is 6.07 Å². The van der Waals surface area contributed by atoms with E-state index in [9.17, 15) is 9.59 Å². The molecule has 0 atom stereocenters. The molecule has 0 saturated carbocycles. The summed E-state index contributed by atoms with van der Waals surface area (Å²) in [5, 5.41) is 11.6. The maximum Gasteiger partial charge on any atom is 0.251 e. The van der Waals surface area contributed by atoms with E-state index in [4.69, 9.17) is 14.7 Å². The van der Waals surface area contributed by atoms with Gasteiger partial charge in [0.1, 0.15) is 0 Å². The van der Waals surface area contributed by atoms with Crippen molar-refractivity contribution >= 4 is 17.5 Å². The van der Waals surface area contributed by atoms with Crippen molar-refractivity contribution in [3.63, 3.8) is 0 Å². The monoisotopic (exact) mass is 351 g/mol. The van der Waals surface area contributed by atoms with Crippen LogP contribution in [0.4, 0.5) is 5.69 Å². The molecule has 1 aliphatic rings. The van der Waals surface area contributed by atoms with Crippen LogP contribution in [0.5, 0.6) is 11.5 Å². The second-order valence-corrected chi connectivity index (χ2v) is 5.65. The molecule has 26 heavy (non-hydrogen) atoms. The average Bonchev–Trinajstić information content (AvgIpc) is 3.12. The first-order chi connectivity index (χ1) is 12.6. The number of nitrogens with one attached hydrogen (secondary N) is 1. The molecule has 2 amide bonds. The molecule has 2 aromatic rings. The molecule has 0 radical (unpaired) electrons. The lowest BCUT2D eigenvalue weighted by Gasteiger charge is -2.21. The van der Waals surface area contributed by atoms with Crippen LogP contribution in [0, 0.1) is 11.3 Å². The number of nitriles is 1. The highest BCUT2D eigenvalue weighted by Gasteiger charge is 2.17. The fraction of sp³-hybridized carbons (Fsp3) is 0.211. The quantitative estimate of drug-likeness (QED) is 0.890. The van der Waals surface area contributed by atoms with Crippen LogP contribution in [0.15, 0.2) is 42.5 Å². The lowest BCUT2D eigenvalue weighted by atomic mass is 10.2. The van der Waals surface area contributed by atoms with E-state index in [-0.39, 0.29) is 25.2 Å². The van der Waals surface area contributed by atoms with Crippen LogP contribution in [0.1, 0.15) is 22.8 Å². The van der Waals surface area contributed by atoms with Crippen LogP contribution in [0.25, 0.3) is 0 Å². The molecule has 7 heteroatoms. The number of benzene rings is 2. The molecule has 1 heterocycles. The maximum atomic E-state index is 12.3. The Hall–Kier alpha value is -3.53. The Kier molecular flexibility index (Phi) is 5.04. The largest absolute Gasteiger partial charge is 0.454 e. The van der Waals surface area contributed by atoms with Crippen molar-refractivity contribution in [1.29, 1.82) is 5.26 Å². The molecule has 0 fully saturated rings. The minimum Gasteiger partial charge on any atom is -0.454 e. The highest BCUT2D eigenvalue weighted by molar-refractivity contribution is 5.95. The third-order valence-electron chi connectivity index (χ3n) is 3.94. The third kappa shape index (κ3) is 3.75. The summed E-state index contributed by atoms with van der Waals surface area (Å²) in [6.07, 6.45) is 0. The molecule has 0 spiro atoms. The number of carbonyl (C=O) groups is 2. The lowest BCUT2D eigenvalue weighted by molar-refractivity contribution is -0.116. The number of nitrogens with zero attached hydrogens (tertiary/aromatic N) is 2. The van der Waals surface area contributed by atoms with E-state index in [2.05, 4.69) is 5.32 Å². The summed E-state index contributed by atoms with van der Waals surface area (Å²) < 4.78 is 10.5. The zero-order chi connectivity index (χ0) is 18.5. The van der Waals surface area contributed by atoms with Gasteiger partial charge < -0.3 is 19.7 Å². The lowest BCUT2D eigenvalue weighted by Crippen LogP contribution is -2.37. The van der Waals surface area contributed by atoms with Crippen LogP contribution in [-0.2, 0) is 4.79 Å². The Morgan fingerprint density at radius 3 is 2.58 bits per heavy atom. The van der Waals surface area contributed by atoms with E-state index in [1.54, 1.807) is 47.4 Å². The molecular formula is C19H17N3O4. The van der Waals surface area contributed by atoms with Gasteiger partial charge in [-0.2, -0.15) is 5.26 Å². The second kappa shape index (κ2) is 7.57. The molecule has 132 valence electrons. The summed E-state index contributed by atoms with van der Waals surface area (Å²) in [6, 6.07) is 13.7. The summed E-state index contributed by atoms with van der Waals surface area (Å²) in [4.78, 5) is 25.7. The average molecular weight is 351 g/mol. The fourth-order valence-electron chi connectivity index (χ4n) is 2.61. The Balaban J connectivity index is 1.60. The van der Waals surface area contributed by atoms with Gasteiger partial charge in [-0.25, -0.2) is 0 Å². The van der Waals surface area contributed by atoms with Gasteiger partial charge in [0, 0.05) is 31.3 Å². The van der Waals surface area contributed by atoms with Crippen LogP contribution < -0.4 is 19.7 Å². The summed E-state index contributed by atoms with van der Waals surface area (Å²) in [5.41, 5.74) is 1.66. The Labute approximate surface area is 150 Å². The number of hydrogen-bond acceptors (Lipinski definition) is 5. The summed E-state index contributed by atoms with van der Waals surface area (Å²) in [6.45, 7) is 2.21. The van der Waals surface area contributed by atoms with Gasteiger partial charge in [0.25, 0.3) is 5.91 Å². The predicted molar refractivity (Wildman–Crippen MR) is 94.1 cm³/mol. The normalized spacial score (nSPS) is 11.5. The van der Waals surface area contributed by atoms with Crippen molar-refractivity contribution in [2.45, 2.75) is 6.92 Å². The second-order valence-electron chi connectivity index (χ2n) is 5.65. The summed E-state index contributed by atoms with van der Waals surface area (Å²) >= 11 is 0. The van der Waals surface area contributed by atoms with Gasteiger partial charge in [-0.05, 0) is 42.5 Å². The maximum absolute atomic E-state index is 12.3. The first-order valence-corrected chi connectivity index (χ1v) is 8.04. The molecule has 7 nitrogen and oxygen atoms in total. The van der Waals surface area contributed by atoms with Crippen LogP contribution in [-0.4, -0.2) is 31.7 Å². The number of hydrogen-bond donors (Lipinski definition) is 1. The van der Waals surface area contributed by atoms with Gasteiger partial charge in [0.2, 0.25) is 12.7 Å². The SMILES string of the molecule is CC(=O)N(CCNC(=O)c1ccc2c(c1)OCO2)c1ccc(C#N)cc1. The van der Waals surface area contributed by atoms with E-state index in [0.717, 1.165) is 0 Å². The topological polar surface area (TPSA) is 91.7 Å². The summed E-state index contributed by atoms with van der Waals surface area (Å²) in [5.74, 6) is 0.754. The van der Waals surface area contributed by atoms with E-state index >= 15 is 0 Å². The number of anilines is 1. The molecule has 0 aromatic heterocycles. The molecule has 0 aliphatic carbocycles. The first-order valence-electron chi connectivity index (χ1n) is 8.04. The molecule has 2 aromatic carbocycles. The molecule has 0 saturated heterocycles. The van der Waals surface area contributed by atoms with Gasteiger partial charge in [-0.3, -0.25) is 9.59 Å². The van der Waals surface area contributed by atoms with Crippen LogP contribution >= 0.6 is 0 Å². The van der Waals surface area contributed by atoms with Crippen molar-refractivity contribution < 1.29 is 19.1 Å². The standard InChI is InChI=1S/C19H17N3O4/c1-13(23)22(16-5-2-14(11-20)3-6-16)9-8-21-19(24)15-4-7-17-18(10-15)26-12-25-17/h2-7,10H,8-9,12H2,1H3,(H,21,24). The van der Waals surface area contributed by atoms with Crippen molar-refractivity contribution in [3.8, 4) is 17.6 Å². The van der Waals surface area contributed by atoms with E-state index < -0.39 is 0 Å². The smallest absolute Gasteiger partial charge is 0.251 e. The van der Waals surface area contributed by atoms with Crippen molar-refractivity contribution in [3.05, 3.63) is 53.6 Å². The highest BCUT2D eigenvalue weighted by Crippen LogP contribution is 2.32. The van der Waals surface area contributed by atoms with Crippen LogP contribution in [0.3, 0.4) is 0 Å². The van der Waals surface area contributed by atoms with Crippen LogP contribution in [0.2, 0.25) is 0 Å². The first kappa shape index (κ1) is 17.3. The van der Waals surface area contributed by atoms with Gasteiger partial charge in [0.05, 0.1) is 11.6 Å². The molecule has 1 N–H and O–H groups in total.